The molecule has 0 radical (unpaired) electrons. The molecular formula is C12H15FN2O5. The Morgan fingerprint density at radius 3 is 2.65 bits per heavy atom. The summed E-state index contributed by atoms with van der Waals surface area (Å²) >= 11 is 0. The number of hydrogen-bond donors (Lipinski definition) is 1. The molecule has 0 bridgehead atoms. The molecule has 1 aromatic carbocycles. The Bertz CT molecular complexity index is 521. The molecule has 0 atom stereocenters. The van der Waals surface area contributed by atoms with Gasteiger partial charge in [-0.1, -0.05) is 0 Å². The Hall–Kier alpha value is -2.22. The van der Waals surface area contributed by atoms with Gasteiger partial charge in [-0.15, -0.1) is 0 Å². The molecule has 1 aromatic rings. The molecule has 0 heterocycles. The number of carbonyl (C=O) groups is 1. The Balaban J connectivity index is 3.35. The predicted molar refractivity (Wildman–Crippen MR) is 69.8 cm³/mol. The van der Waals surface area contributed by atoms with Crippen molar-refractivity contribution in [3.05, 3.63) is 33.6 Å². The van der Waals surface area contributed by atoms with Gasteiger partial charge < -0.3 is 14.7 Å². The number of benzene rings is 1. The minimum atomic E-state index is -1.47. The Labute approximate surface area is 114 Å². The molecule has 0 saturated carbocycles. The number of carboxylic acid groups (broad SMARTS) is 1. The number of rotatable bonds is 7. The van der Waals surface area contributed by atoms with Gasteiger partial charge in [0.05, 0.1) is 23.2 Å². The molecule has 1 N–H and O–H groups in total. The zero-order valence-electron chi connectivity index (χ0n) is 11.1. The second kappa shape index (κ2) is 6.80. The normalized spacial score (nSPS) is 10.3. The molecule has 0 amide bonds. The number of anilines is 1. The van der Waals surface area contributed by atoms with Crippen LogP contribution in [-0.2, 0) is 4.74 Å². The highest BCUT2D eigenvalue weighted by Crippen LogP contribution is 2.31. The van der Waals surface area contributed by atoms with Gasteiger partial charge in [0.15, 0.2) is 0 Å². The van der Waals surface area contributed by atoms with E-state index in [4.69, 9.17) is 9.84 Å². The first-order valence-electron chi connectivity index (χ1n) is 5.87. The lowest BCUT2D eigenvalue weighted by atomic mass is 10.1. The van der Waals surface area contributed by atoms with Crippen LogP contribution in [0.3, 0.4) is 0 Å². The second-order valence-electron chi connectivity index (χ2n) is 3.96. The van der Waals surface area contributed by atoms with Crippen LogP contribution in [-0.4, -0.2) is 42.8 Å². The quantitative estimate of drug-likeness (QED) is 0.608. The van der Waals surface area contributed by atoms with Crippen LogP contribution in [0.25, 0.3) is 0 Å². The number of ether oxygens (including phenoxy) is 1. The van der Waals surface area contributed by atoms with E-state index in [2.05, 4.69) is 0 Å². The number of carboxylic acids is 1. The van der Waals surface area contributed by atoms with Gasteiger partial charge in [-0.05, 0) is 13.0 Å². The van der Waals surface area contributed by atoms with Crippen molar-refractivity contribution in [3.8, 4) is 0 Å². The highest BCUT2D eigenvalue weighted by Gasteiger charge is 2.24. The molecule has 7 nitrogen and oxygen atoms in total. The maximum Gasteiger partial charge on any atom is 0.338 e. The van der Waals surface area contributed by atoms with Crippen molar-refractivity contribution < 1.29 is 24.0 Å². The molecule has 0 fully saturated rings. The Morgan fingerprint density at radius 2 is 2.20 bits per heavy atom. The third kappa shape index (κ3) is 3.41. The van der Waals surface area contributed by atoms with Gasteiger partial charge in [0, 0.05) is 20.2 Å². The van der Waals surface area contributed by atoms with Crippen LogP contribution in [0, 0.1) is 15.9 Å². The lowest BCUT2D eigenvalue weighted by Gasteiger charge is -2.22. The molecule has 0 unspecified atom stereocenters. The van der Waals surface area contributed by atoms with Crippen LogP contribution in [0.5, 0.6) is 0 Å². The van der Waals surface area contributed by atoms with E-state index in [0.717, 1.165) is 6.07 Å². The fourth-order valence-electron chi connectivity index (χ4n) is 1.77. The monoisotopic (exact) mass is 286 g/mol. The van der Waals surface area contributed by atoms with Gasteiger partial charge in [-0.3, -0.25) is 10.1 Å². The molecule has 8 heteroatoms. The standard InChI is InChI=1S/C12H15FN2O5/c1-3-14(4-5-20-2)10-6-8(12(16)17)9(13)7-11(10)15(18)19/h6-7H,3-5H2,1-2H3,(H,16,17). The summed E-state index contributed by atoms with van der Waals surface area (Å²) in [5.41, 5.74) is -1.000. The zero-order chi connectivity index (χ0) is 15.3. The molecule has 0 aliphatic rings. The van der Waals surface area contributed by atoms with Crippen molar-refractivity contribution in [3.63, 3.8) is 0 Å². The summed E-state index contributed by atoms with van der Waals surface area (Å²) in [5.74, 6) is -2.60. The SMILES string of the molecule is CCN(CCOC)c1cc(C(=O)O)c(F)cc1[N+](=O)[O-]. The largest absolute Gasteiger partial charge is 0.478 e. The number of nitro groups is 1. The van der Waals surface area contributed by atoms with Crippen molar-refractivity contribution in [2.75, 3.05) is 31.7 Å². The van der Waals surface area contributed by atoms with Crippen molar-refractivity contribution in [1.29, 1.82) is 0 Å². The molecule has 110 valence electrons. The molecule has 0 aliphatic heterocycles. The van der Waals surface area contributed by atoms with Gasteiger partial charge in [0.25, 0.3) is 5.69 Å². The first-order chi connectivity index (χ1) is 9.42. The molecule has 0 aliphatic carbocycles. The molecule has 0 saturated heterocycles. The van der Waals surface area contributed by atoms with Gasteiger partial charge in [-0.25, -0.2) is 9.18 Å². The summed E-state index contributed by atoms with van der Waals surface area (Å²) in [7, 11) is 1.48. The fraction of sp³-hybridized carbons (Fsp3) is 0.417. The van der Waals surface area contributed by atoms with E-state index in [9.17, 15) is 19.3 Å². The smallest absolute Gasteiger partial charge is 0.338 e. The number of nitrogens with zero attached hydrogens (tertiary/aromatic N) is 2. The molecule has 0 aromatic heterocycles. The summed E-state index contributed by atoms with van der Waals surface area (Å²) in [6, 6.07) is 1.61. The number of halogens is 1. The van der Waals surface area contributed by atoms with Crippen LogP contribution in [0.15, 0.2) is 12.1 Å². The van der Waals surface area contributed by atoms with Crippen molar-refractivity contribution in [1.82, 2.24) is 0 Å². The summed E-state index contributed by atoms with van der Waals surface area (Å²) < 4.78 is 18.4. The maximum atomic E-state index is 13.5. The van der Waals surface area contributed by atoms with Gasteiger partial charge in [0.1, 0.15) is 11.5 Å². The van der Waals surface area contributed by atoms with Crippen LogP contribution in [0.2, 0.25) is 0 Å². The van der Waals surface area contributed by atoms with E-state index in [1.807, 2.05) is 0 Å². The highest BCUT2D eigenvalue weighted by molar-refractivity contribution is 5.90. The first kappa shape index (κ1) is 15.8. The van der Waals surface area contributed by atoms with E-state index in [0.29, 0.717) is 25.8 Å². The summed E-state index contributed by atoms with van der Waals surface area (Å²) in [6.45, 7) is 2.79. The van der Waals surface area contributed by atoms with Crippen molar-refractivity contribution in [2.45, 2.75) is 6.92 Å². The van der Waals surface area contributed by atoms with Gasteiger partial charge >= 0.3 is 5.97 Å². The molecule has 20 heavy (non-hydrogen) atoms. The lowest BCUT2D eigenvalue weighted by Crippen LogP contribution is -2.28. The number of likely N-dealkylation sites (N-methyl/N-ethyl adjacent to an activating group) is 1. The Kier molecular flexibility index (Phi) is 5.39. The number of methoxy groups -OCH3 is 1. The van der Waals surface area contributed by atoms with E-state index in [1.54, 1.807) is 11.8 Å². The minimum absolute atomic E-state index is 0.0633. The summed E-state index contributed by atoms with van der Waals surface area (Å²) in [4.78, 5) is 22.7. The van der Waals surface area contributed by atoms with E-state index in [1.165, 1.54) is 7.11 Å². The van der Waals surface area contributed by atoms with Crippen molar-refractivity contribution >= 4 is 17.3 Å². The van der Waals surface area contributed by atoms with E-state index in [-0.39, 0.29) is 5.69 Å². The average Bonchev–Trinajstić information content (AvgIpc) is 2.39. The third-order valence-corrected chi connectivity index (χ3v) is 2.78. The third-order valence-electron chi connectivity index (χ3n) is 2.78. The van der Waals surface area contributed by atoms with Gasteiger partial charge in [-0.2, -0.15) is 0 Å². The number of hydrogen-bond acceptors (Lipinski definition) is 5. The van der Waals surface area contributed by atoms with Crippen LogP contribution in [0.1, 0.15) is 17.3 Å². The summed E-state index contributed by atoms with van der Waals surface area (Å²) in [6.07, 6.45) is 0. The molecule has 1 rings (SSSR count). The first-order valence-corrected chi connectivity index (χ1v) is 5.87. The van der Waals surface area contributed by atoms with Crippen molar-refractivity contribution in [2.24, 2.45) is 0 Å². The molecule has 0 spiro atoms. The lowest BCUT2D eigenvalue weighted by molar-refractivity contribution is -0.384. The average molecular weight is 286 g/mol. The molecular weight excluding hydrogens is 271 g/mol. The summed E-state index contributed by atoms with van der Waals surface area (Å²) in [5, 5.41) is 19.9. The second-order valence-corrected chi connectivity index (χ2v) is 3.96. The number of aromatic carboxylic acids is 1. The number of nitro benzene ring substituents is 1. The minimum Gasteiger partial charge on any atom is -0.478 e. The van der Waals surface area contributed by atoms with E-state index < -0.39 is 28.0 Å². The van der Waals surface area contributed by atoms with Gasteiger partial charge in [0.2, 0.25) is 0 Å². The zero-order valence-corrected chi connectivity index (χ0v) is 11.1. The fourth-order valence-corrected chi connectivity index (χ4v) is 1.77. The van der Waals surface area contributed by atoms with Crippen LogP contribution >= 0.6 is 0 Å². The highest BCUT2D eigenvalue weighted by atomic mass is 19.1. The van der Waals surface area contributed by atoms with Crippen LogP contribution < -0.4 is 4.90 Å². The maximum absolute atomic E-state index is 13.5. The predicted octanol–water partition coefficient (Wildman–Crippen LogP) is 1.90. The van der Waals surface area contributed by atoms with E-state index >= 15 is 0 Å². The Morgan fingerprint density at radius 1 is 1.55 bits per heavy atom. The topological polar surface area (TPSA) is 92.9 Å². The van der Waals surface area contributed by atoms with Crippen LogP contribution in [0.4, 0.5) is 15.8 Å².